The molecule has 0 aliphatic carbocycles. The molecule has 0 atom stereocenters. The van der Waals surface area contributed by atoms with Gasteiger partial charge in [-0.1, -0.05) is 0 Å². The fourth-order valence-corrected chi connectivity index (χ4v) is 1.08. The number of aromatic nitrogens is 2. The Kier molecular flexibility index (Phi) is 1.31. The van der Waals surface area contributed by atoms with E-state index in [0.717, 1.165) is 0 Å². The molecule has 3 nitrogen and oxygen atoms in total. The fraction of sp³-hybridized carbons (Fsp3) is 0. The molecule has 12 heavy (non-hydrogen) atoms. The molecule has 0 spiro atoms. The first-order chi connectivity index (χ1) is 5.81. The Morgan fingerprint density at radius 3 is 3.17 bits per heavy atom. The lowest BCUT2D eigenvalue weighted by Gasteiger charge is -1.88. The van der Waals surface area contributed by atoms with Crippen molar-refractivity contribution in [3.8, 4) is 6.07 Å². The fourth-order valence-electron chi connectivity index (χ4n) is 1.08. The van der Waals surface area contributed by atoms with Gasteiger partial charge in [-0.05, 0) is 0 Å². The van der Waals surface area contributed by atoms with E-state index in [1.54, 1.807) is 0 Å². The molecule has 2 aromatic rings. The van der Waals surface area contributed by atoms with E-state index in [1.165, 1.54) is 18.5 Å². The lowest BCUT2D eigenvalue weighted by molar-refractivity contribution is 0.586. The van der Waals surface area contributed by atoms with E-state index in [0.29, 0.717) is 16.5 Å². The average Bonchev–Trinajstić information content (AvgIpc) is 2.46. The molecule has 1 N–H and O–H groups in total. The molecule has 4 heteroatoms. The minimum atomic E-state index is -0.547. The van der Waals surface area contributed by atoms with Crippen LogP contribution in [0.4, 0.5) is 4.39 Å². The number of halogens is 1. The molecule has 0 fully saturated rings. The van der Waals surface area contributed by atoms with Crippen LogP contribution < -0.4 is 0 Å². The van der Waals surface area contributed by atoms with Crippen LogP contribution in [-0.4, -0.2) is 9.97 Å². The maximum absolute atomic E-state index is 12.5. The predicted octanol–water partition coefficient (Wildman–Crippen LogP) is 1.57. The highest BCUT2D eigenvalue weighted by atomic mass is 19.1. The molecule has 58 valence electrons. The second-order valence-electron chi connectivity index (χ2n) is 2.37. The summed E-state index contributed by atoms with van der Waals surface area (Å²) < 4.78 is 12.5. The highest BCUT2D eigenvalue weighted by Gasteiger charge is 2.03. The number of nitriles is 1. The number of H-pyrrole nitrogens is 1. The van der Waals surface area contributed by atoms with Crippen molar-refractivity contribution in [2.75, 3.05) is 0 Å². The average molecular weight is 161 g/mol. The van der Waals surface area contributed by atoms with Crippen LogP contribution in [0.25, 0.3) is 10.9 Å². The van der Waals surface area contributed by atoms with Gasteiger partial charge in [0, 0.05) is 23.8 Å². The van der Waals surface area contributed by atoms with E-state index >= 15 is 0 Å². The number of aromatic amines is 1. The number of fused-ring (bicyclic) bond motifs is 1. The first-order valence-corrected chi connectivity index (χ1v) is 3.34. The molecular weight excluding hydrogens is 157 g/mol. The molecule has 2 rings (SSSR count). The smallest absolute Gasteiger partial charge is 0.214 e. The summed E-state index contributed by atoms with van der Waals surface area (Å²) in [6.45, 7) is 0. The maximum Gasteiger partial charge on any atom is 0.214 e. The van der Waals surface area contributed by atoms with Gasteiger partial charge < -0.3 is 4.98 Å². The summed E-state index contributed by atoms with van der Waals surface area (Å²) in [6.07, 6.45) is 2.88. The number of nitrogens with zero attached hydrogens (tertiary/aromatic N) is 2. The van der Waals surface area contributed by atoms with Crippen molar-refractivity contribution in [2.24, 2.45) is 0 Å². The number of nitrogens with one attached hydrogen (secondary N) is 1. The van der Waals surface area contributed by atoms with E-state index in [1.807, 2.05) is 6.07 Å². The quantitative estimate of drug-likeness (QED) is 0.596. The number of hydrogen-bond acceptors (Lipinski definition) is 2. The third kappa shape index (κ3) is 0.839. The van der Waals surface area contributed by atoms with Crippen molar-refractivity contribution in [3.63, 3.8) is 0 Å². The van der Waals surface area contributed by atoms with Crippen molar-refractivity contribution in [1.29, 1.82) is 5.26 Å². The molecule has 2 aromatic heterocycles. The van der Waals surface area contributed by atoms with Crippen LogP contribution in [0.2, 0.25) is 0 Å². The van der Waals surface area contributed by atoms with Crippen molar-refractivity contribution in [3.05, 3.63) is 30.0 Å². The third-order valence-electron chi connectivity index (χ3n) is 1.65. The zero-order valence-corrected chi connectivity index (χ0v) is 6.00. The Balaban J connectivity index is 2.84. The molecule has 0 saturated carbocycles. The molecule has 0 aromatic carbocycles. The maximum atomic E-state index is 12.5. The molecule has 0 aliphatic heterocycles. The van der Waals surface area contributed by atoms with E-state index in [9.17, 15) is 4.39 Å². The highest BCUT2D eigenvalue weighted by Crippen LogP contribution is 2.16. The number of pyridine rings is 1. The van der Waals surface area contributed by atoms with Gasteiger partial charge in [0.1, 0.15) is 6.07 Å². The van der Waals surface area contributed by atoms with E-state index in [4.69, 9.17) is 5.26 Å². The first-order valence-electron chi connectivity index (χ1n) is 3.34. The largest absolute Gasteiger partial charge is 0.360 e. The lowest BCUT2D eigenvalue weighted by Crippen LogP contribution is -1.80. The van der Waals surface area contributed by atoms with Gasteiger partial charge in [0.15, 0.2) is 0 Å². The molecular formula is C8H4FN3. The van der Waals surface area contributed by atoms with Gasteiger partial charge >= 0.3 is 0 Å². The minimum absolute atomic E-state index is 0.484. The van der Waals surface area contributed by atoms with E-state index in [2.05, 4.69) is 9.97 Å². The molecule has 0 saturated heterocycles. The molecule has 0 radical (unpaired) electrons. The van der Waals surface area contributed by atoms with Gasteiger partial charge in [-0.25, -0.2) is 4.98 Å². The Morgan fingerprint density at radius 1 is 1.58 bits per heavy atom. The van der Waals surface area contributed by atoms with Gasteiger partial charge in [0.2, 0.25) is 5.95 Å². The van der Waals surface area contributed by atoms with Crippen LogP contribution in [0.1, 0.15) is 5.56 Å². The van der Waals surface area contributed by atoms with Crippen molar-refractivity contribution < 1.29 is 4.39 Å². The summed E-state index contributed by atoms with van der Waals surface area (Å²) in [4.78, 5) is 6.23. The predicted molar refractivity (Wildman–Crippen MR) is 40.8 cm³/mol. The van der Waals surface area contributed by atoms with Crippen LogP contribution >= 0.6 is 0 Å². The zero-order valence-electron chi connectivity index (χ0n) is 6.00. The van der Waals surface area contributed by atoms with E-state index in [-0.39, 0.29) is 0 Å². The SMILES string of the molecule is N#Cc1c[nH]c2cc(F)ncc12. The van der Waals surface area contributed by atoms with Gasteiger partial charge in [0.25, 0.3) is 0 Å². The monoisotopic (exact) mass is 161 g/mol. The third-order valence-corrected chi connectivity index (χ3v) is 1.65. The number of hydrogen-bond donors (Lipinski definition) is 1. The molecule has 0 unspecified atom stereocenters. The van der Waals surface area contributed by atoms with Gasteiger partial charge in [-0.15, -0.1) is 0 Å². The van der Waals surface area contributed by atoms with Crippen LogP contribution in [0.3, 0.4) is 0 Å². The van der Waals surface area contributed by atoms with Crippen molar-refractivity contribution >= 4 is 10.9 Å². The minimum Gasteiger partial charge on any atom is -0.360 e. The normalized spacial score (nSPS) is 10.0. The summed E-state index contributed by atoms with van der Waals surface area (Å²) in [6, 6.07) is 3.24. The molecule has 0 bridgehead atoms. The Morgan fingerprint density at radius 2 is 2.42 bits per heavy atom. The van der Waals surface area contributed by atoms with Crippen LogP contribution in [0.15, 0.2) is 18.5 Å². The van der Waals surface area contributed by atoms with Crippen LogP contribution in [0, 0.1) is 17.3 Å². The summed E-state index contributed by atoms with van der Waals surface area (Å²) in [7, 11) is 0. The van der Waals surface area contributed by atoms with Crippen molar-refractivity contribution in [2.45, 2.75) is 0 Å². The highest BCUT2D eigenvalue weighted by molar-refractivity contribution is 5.84. The van der Waals surface area contributed by atoms with E-state index < -0.39 is 5.95 Å². The second kappa shape index (κ2) is 2.31. The Labute approximate surface area is 67.5 Å². The van der Waals surface area contributed by atoms with Crippen LogP contribution in [-0.2, 0) is 0 Å². The topological polar surface area (TPSA) is 52.5 Å². The summed E-state index contributed by atoms with van der Waals surface area (Å²) >= 11 is 0. The molecule has 0 aliphatic rings. The first kappa shape index (κ1) is 6.80. The Hall–Kier alpha value is -1.89. The second-order valence-corrected chi connectivity index (χ2v) is 2.37. The number of rotatable bonds is 0. The van der Waals surface area contributed by atoms with Crippen molar-refractivity contribution in [1.82, 2.24) is 9.97 Å². The summed E-state index contributed by atoms with van der Waals surface area (Å²) in [5.74, 6) is -0.547. The lowest BCUT2D eigenvalue weighted by atomic mass is 10.2. The van der Waals surface area contributed by atoms with Crippen LogP contribution in [0.5, 0.6) is 0 Å². The Bertz CT molecular complexity index is 467. The zero-order chi connectivity index (χ0) is 8.55. The van der Waals surface area contributed by atoms with Gasteiger partial charge in [-0.2, -0.15) is 9.65 Å². The summed E-state index contributed by atoms with van der Waals surface area (Å²) in [5.41, 5.74) is 1.08. The summed E-state index contributed by atoms with van der Waals surface area (Å²) in [5, 5.41) is 9.25. The van der Waals surface area contributed by atoms with Gasteiger partial charge in [-0.3, -0.25) is 0 Å². The molecule has 0 amide bonds. The standard InChI is InChI=1S/C8H4FN3/c9-8-1-7-6(4-12-8)5(2-10)3-11-7/h1,3-4,11H. The van der Waals surface area contributed by atoms with Gasteiger partial charge in [0.05, 0.1) is 11.1 Å². The molecule has 2 heterocycles.